The first kappa shape index (κ1) is 13.7. The second-order valence-electron chi connectivity index (χ2n) is 5.51. The Bertz CT molecular complexity index is 669. The lowest BCUT2D eigenvalue weighted by atomic mass is 10.1. The zero-order chi connectivity index (χ0) is 14.8. The molecule has 2 aromatic rings. The summed E-state index contributed by atoms with van der Waals surface area (Å²) >= 11 is 0. The number of hydrogen-bond acceptors (Lipinski definition) is 2. The Kier molecular flexibility index (Phi) is 3.69. The van der Waals surface area contributed by atoms with E-state index in [4.69, 9.17) is 4.74 Å². The molecule has 4 nitrogen and oxygen atoms in total. The summed E-state index contributed by atoms with van der Waals surface area (Å²) in [5, 5.41) is 5.09. The Balaban J connectivity index is 1.88. The average Bonchev–Trinajstić information content (AvgIpc) is 2.92. The molecular weight excluding hydrogens is 264 g/mol. The number of nitrogens with zero attached hydrogens (tertiary/aromatic N) is 1. The number of nitrogens with one attached hydrogen (secondary N) is 1. The van der Waals surface area contributed by atoms with Gasteiger partial charge in [-0.1, -0.05) is 24.3 Å². The smallest absolute Gasteiger partial charge is 0.322 e. The van der Waals surface area contributed by atoms with Crippen molar-refractivity contribution in [2.24, 2.45) is 0 Å². The van der Waals surface area contributed by atoms with E-state index in [1.807, 2.05) is 41.3 Å². The van der Waals surface area contributed by atoms with Gasteiger partial charge in [0.05, 0.1) is 7.11 Å². The minimum Gasteiger partial charge on any atom is -0.496 e. The summed E-state index contributed by atoms with van der Waals surface area (Å²) in [5.74, 6) is 0.776. The lowest BCUT2D eigenvalue weighted by Crippen LogP contribution is -2.37. The van der Waals surface area contributed by atoms with Crippen LogP contribution < -0.4 is 10.1 Å². The van der Waals surface area contributed by atoms with Gasteiger partial charge in [0.25, 0.3) is 0 Å². The van der Waals surface area contributed by atoms with Gasteiger partial charge in [0.1, 0.15) is 5.75 Å². The lowest BCUT2D eigenvalue weighted by Gasteiger charge is -2.22. The van der Waals surface area contributed by atoms with Crippen molar-refractivity contribution in [1.82, 2.24) is 4.90 Å². The highest BCUT2D eigenvalue weighted by molar-refractivity contribution is 5.96. The molecule has 2 amide bonds. The molecule has 1 heterocycles. The van der Waals surface area contributed by atoms with Crippen LogP contribution in [-0.2, 0) is 0 Å². The lowest BCUT2D eigenvalue weighted by molar-refractivity contribution is 0.210. The fourth-order valence-electron chi connectivity index (χ4n) is 2.95. The zero-order valence-electron chi connectivity index (χ0n) is 12.4. The Morgan fingerprint density at radius 2 is 2.14 bits per heavy atom. The minimum atomic E-state index is -0.0302. The molecule has 0 aromatic heterocycles. The molecule has 1 aliphatic heterocycles. The van der Waals surface area contributed by atoms with Crippen LogP contribution in [0.15, 0.2) is 36.4 Å². The van der Waals surface area contributed by atoms with Crippen LogP contribution in [0.3, 0.4) is 0 Å². The van der Waals surface area contributed by atoms with Crippen molar-refractivity contribution in [3.63, 3.8) is 0 Å². The van der Waals surface area contributed by atoms with Crippen LogP contribution in [0.5, 0.6) is 5.75 Å². The largest absolute Gasteiger partial charge is 0.496 e. The maximum atomic E-state index is 12.3. The Morgan fingerprint density at radius 1 is 1.33 bits per heavy atom. The number of hydrogen-bond donors (Lipinski definition) is 1. The van der Waals surface area contributed by atoms with Crippen LogP contribution >= 0.6 is 0 Å². The number of benzene rings is 2. The first-order valence-electron chi connectivity index (χ1n) is 7.33. The molecule has 21 heavy (non-hydrogen) atoms. The number of methoxy groups -OCH3 is 1. The van der Waals surface area contributed by atoms with Crippen LogP contribution in [0.1, 0.15) is 19.8 Å². The van der Waals surface area contributed by atoms with Crippen molar-refractivity contribution in [1.29, 1.82) is 0 Å². The summed E-state index contributed by atoms with van der Waals surface area (Å²) in [6, 6.07) is 12.1. The molecule has 1 atom stereocenters. The van der Waals surface area contributed by atoms with Gasteiger partial charge in [-0.25, -0.2) is 4.79 Å². The summed E-state index contributed by atoms with van der Waals surface area (Å²) in [5.41, 5.74) is 0.773. The van der Waals surface area contributed by atoms with Crippen molar-refractivity contribution < 1.29 is 9.53 Å². The van der Waals surface area contributed by atoms with E-state index in [1.54, 1.807) is 7.11 Å². The maximum Gasteiger partial charge on any atom is 0.322 e. The third-order valence-corrected chi connectivity index (χ3v) is 4.11. The van der Waals surface area contributed by atoms with E-state index in [0.717, 1.165) is 41.6 Å². The Hall–Kier alpha value is -2.23. The van der Waals surface area contributed by atoms with Crippen LogP contribution in [0.25, 0.3) is 10.8 Å². The molecule has 2 aromatic carbocycles. The van der Waals surface area contributed by atoms with Gasteiger partial charge in [0.2, 0.25) is 0 Å². The van der Waals surface area contributed by atoms with Crippen LogP contribution in [0, 0.1) is 0 Å². The number of rotatable bonds is 2. The normalized spacial score (nSPS) is 18.0. The fraction of sp³-hybridized carbons (Fsp3) is 0.353. The SMILES string of the molecule is COc1cc(NC(=O)N2CCC[C@H]2C)cc2ccccc12. The van der Waals surface area contributed by atoms with Gasteiger partial charge in [-0.15, -0.1) is 0 Å². The molecular formula is C17H20N2O2. The molecule has 0 radical (unpaired) electrons. The van der Waals surface area contributed by atoms with E-state index < -0.39 is 0 Å². The minimum absolute atomic E-state index is 0.0302. The molecule has 4 heteroatoms. The molecule has 0 unspecified atom stereocenters. The molecule has 3 rings (SSSR count). The number of urea groups is 1. The van der Waals surface area contributed by atoms with E-state index in [9.17, 15) is 4.79 Å². The van der Waals surface area contributed by atoms with Crippen LogP contribution in [0.2, 0.25) is 0 Å². The fourth-order valence-corrected chi connectivity index (χ4v) is 2.95. The quantitative estimate of drug-likeness (QED) is 0.909. The summed E-state index contributed by atoms with van der Waals surface area (Å²) in [6.07, 6.45) is 2.16. The number of likely N-dealkylation sites (tertiary alicyclic amines) is 1. The second kappa shape index (κ2) is 5.64. The first-order chi connectivity index (χ1) is 10.2. The molecule has 1 fully saturated rings. The van der Waals surface area contributed by atoms with E-state index in [0.29, 0.717) is 6.04 Å². The first-order valence-corrected chi connectivity index (χ1v) is 7.33. The molecule has 0 saturated carbocycles. The predicted molar refractivity (Wildman–Crippen MR) is 84.9 cm³/mol. The van der Waals surface area contributed by atoms with E-state index in [-0.39, 0.29) is 6.03 Å². The number of amides is 2. The highest BCUT2D eigenvalue weighted by Crippen LogP contribution is 2.30. The molecule has 110 valence electrons. The number of carbonyl (C=O) groups is 1. The number of ether oxygens (including phenoxy) is 1. The number of carbonyl (C=O) groups excluding carboxylic acids is 1. The Morgan fingerprint density at radius 3 is 2.86 bits per heavy atom. The van der Waals surface area contributed by atoms with Gasteiger partial charge in [-0.3, -0.25) is 0 Å². The highest BCUT2D eigenvalue weighted by atomic mass is 16.5. The molecule has 1 aliphatic rings. The van der Waals surface area contributed by atoms with Crippen molar-refractivity contribution in [2.75, 3.05) is 19.0 Å². The third kappa shape index (κ3) is 2.66. The summed E-state index contributed by atoms with van der Waals surface area (Å²) < 4.78 is 5.43. The molecule has 0 spiro atoms. The zero-order valence-corrected chi connectivity index (χ0v) is 12.4. The van der Waals surface area contributed by atoms with Gasteiger partial charge >= 0.3 is 6.03 Å². The van der Waals surface area contributed by atoms with Crippen LogP contribution in [-0.4, -0.2) is 30.6 Å². The highest BCUT2D eigenvalue weighted by Gasteiger charge is 2.25. The maximum absolute atomic E-state index is 12.3. The predicted octanol–water partition coefficient (Wildman–Crippen LogP) is 3.86. The third-order valence-electron chi connectivity index (χ3n) is 4.11. The topological polar surface area (TPSA) is 41.6 Å². The van der Waals surface area contributed by atoms with E-state index in [1.165, 1.54) is 0 Å². The molecule has 1 N–H and O–H groups in total. The van der Waals surface area contributed by atoms with Gasteiger partial charge in [0, 0.05) is 29.7 Å². The van der Waals surface area contributed by atoms with Gasteiger partial charge in [0.15, 0.2) is 0 Å². The molecule has 1 saturated heterocycles. The molecule has 0 bridgehead atoms. The second-order valence-corrected chi connectivity index (χ2v) is 5.51. The summed E-state index contributed by atoms with van der Waals surface area (Å²) in [4.78, 5) is 14.2. The van der Waals surface area contributed by atoms with Gasteiger partial charge < -0.3 is 15.0 Å². The van der Waals surface area contributed by atoms with Crippen molar-refractivity contribution in [2.45, 2.75) is 25.8 Å². The Labute approximate surface area is 124 Å². The standard InChI is InChI=1S/C17H20N2O2/c1-12-6-5-9-19(12)17(20)18-14-10-13-7-3-4-8-15(13)16(11-14)21-2/h3-4,7-8,10-12H,5-6,9H2,1-2H3,(H,18,20)/t12-/m1/s1. The molecule has 0 aliphatic carbocycles. The van der Waals surface area contributed by atoms with Gasteiger partial charge in [-0.2, -0.15) is 0 Å². The number of anilines is 1. The van der Waals surface area contributed by atoms with Crippen molar-refractivity contribution >= 4 is 22.5 Å². The van der Waals surface area contributed by atoms with Gasteiger partial charge in [-0.05, 0) is 31.2 Å². The van der Waals surface area contributed by atoms with E-state index >= 15 is 0 Å². The van der Waals surface area contributed by atoms with Crippen LogP contribution in [0.4, 0.5) is 10.5 Å². The van der Waals surface area contributed by atoms with E-state index in [2.05, 4.69) is 12.2 Å². The monoisotopic (exact) mass is 284 g/mol. The number of fused-ring (bicyclic) bond motifs is 1. The van der Waals surface area contributed by atoms with Crippen molar-refractivity contribution in [3.05, 3.63) is 36.4 Å². The summed E-state index contributed by atoms with van der Waals surface area (Å²) in [6.45, 7) is 2.92. The average molecular weight is 284 g/mol. The summed E-state index contributed by atoms with van der Waals surface area (Å²) in [7, 11) is 1.65. The van der Waals surface area contributed by atoms with Crippen molar-refractivity contribution in [3.8, 4) is 5.75 Å².